The minimum Gasteiger partial charge on any atom is -0.492 e. The van der Waals surface area contributed by atoms with Crippen molar-refractivity contribution in [2.75, 3.05) is 50.2 Å². The number of carbonyl (C=O) groups is 4. The molecule has 0 radical (unpaired) electrons. The molecule has 2 aliphatic rings. The lowest BCUT2D eigenvalue weighted by atomic mass is 9.73. The Kier molecular flexibility index (Phi) is 10.9. The Hall–Kier alpha value is -5.08. The van der Waals surface area contributed by atoms with E-state index in [4.69, 9.17) is 9.47 Å². The first-order valence-corrected chi connectivity index (χ1v) is 17.7. The fourth-order valence-electron chi connectivity index (χ4n) is 5.96. The summed E-state index contributed by atoms with van der Waals surface area (Å²) in [6, 6.07) is 25.8. The van der Waals surface area contributed by atoms with Crippen molar-refractivity contribution in [3.05, 3.63) is 108 Å². The van der Waals surface area contributed by atoms with E-state index in [1.165, 1.54) is 0 Å². The van der Waals surface area contributed by atoms with Crippen LogP contribution in [0.1, 0.15) is 17.0 Å². The summed E-state index contributed by atoms with van der Waals surface area (Å²) in [6.45, 7) is 2.02. The molecule has 2 fully saturated rings. The highest BCUT2D eigenvalue weighted by molar-refractivity contribution is 8.26. The number of aromatic nitrogens is 2. The van der Waals surface area contributed by atoms with E-state index in [0.29, 0.717) is 55.1 Å². The Bertz CT molecular complexity index is 1820. The van der Waals surface area contributed by atoms with Crippen LogP contribution in [0.25, 0.3) is 0 Å². The van der Waals surface area contributed by atoms with Crippen LogP contribution in [0.2, 0.25) is 0 Å². The van der Waals surface area contributed by atoms with Gasteiger partial charge in [0.1, 0.15) is 47.1 Å². The Morgan fingerprint density at radius 2 is 1.32 bits per heavy atom. The van der Waals surface area contributed by atoms with E-state index in [-0.39, 0.29) is 6.42 Å². The molecule has 2 aliphatic heterocycles. The van der Waals surface area contributed by atoms with Crippen molar-refractivity contribution in [2.45, 2.75) is 23.1 Å². The van der Waals surface area contributed by atoms with Crippen molar-refractivity contribution in [3.63, 3.8) is 0 Å². The maximum atomic E-state index is 13.8. The molecule has 4 heterocycles. The van der Waals surface area contributed by atoms with Crippen LogP contribution in [-0.2, 0) is 16.0 Å². The molecule has 14 heteroatoms. The van der Waals surface area contributed by atoms with Gasteiger partial charge in [0.15, 0.2) is 0 Å². The summed E-state index contributed by atoms with van der Waals surface area (Å²) in [5.41, 5.74) is -0.155. The van der Waals surface area contributed by atoms with E-state index in [9.17, 15) is 19.2 Å². The molecular weight excluding hydrogens is 677 g/mol. The molecule has 258 valence electrons. The van der Waals surface area contributed by atoms with Gasteiger partial charge in [-0.2, -0.15) is 0 Å². The molecule has 4 aromatic rings. The number of anilines is 2. The third-order valence-electron chi connectivity index (χ3n) is 8.54. The second kappa shape index (κ2) is 15.6. The number of benzene rings is 2. The summed E-state index contributed by atoms with van der Waals surface area (Å²) in [5, 5.41) is 2.88. The first-order chi connectivity index (χ1) is 24.2. The lowest BCUT2D eigenvalue weighted by Gasteiger charge is -2.38. The van der Waals surface area contributed by atoms with E-state index >= 15 is 0 Å². The minimum atomic E-state index is -1.51. The first-order valence-electron chi connectivity index (χ1n) is 16.0. The number of hydrogen-bond acceptors (Lipinski definition) is 12. The van der Waals surface area contributed by atoms with Crippen LogP contribution in [0, 0.1) is 0 Å². The Balaban J connectivity index is 1.19. The summed E-state index contributed by atoms with van der Waals surface area (Å²) in [5.74, 6) is 1.52. The number of pyridine rings is 2. The molecule has 2 N–H and O–H groups in total. The zero-order chi connectivity index (χ0) is 35.1. The highest BCUT2D eigenvalue weighted by Gasteiger charge is 2.58. The summed E-state index contributed by atoms with van der Waals surface area (Å²) in [6.07, 6.45) is 3.57. The zero-order valence-electron chi connectivity index (χ0n) is 27.5. The maximum Gasteiger partial charge on any atom is 0.287 e. The lowest BCUT2D eigenvalue weighted by molar-refractivity contribution is -0.120. The van der Waals surface area contributed by atoms with Crippen LogP contribution < -0.4 is 29.9 Å². The van der Waals surface area contributed by atoms with Gasteiger partial charge in [0.05, 0.1) is 13.1 Å². The van der Waals surface area contributed by atoms with Crippen LogP contribution in [0.3, 0.4) is 0 Å². The topological polar surface area (TPSA) is 143 Å². The Morgan fingerprint density at radius 1 is 0.760 bits per heavy atom. The minimum absolute atomic E-state index is 0.0918. The van der Waals surface area contributed by atoms with Gasteiger partial charge in [0.25, 0.3) is 10.5 Å². The second-order valence-corrected chi connectivity index (χ2v) is 13.9. The van der Waals surface area contributed by atoms with Gasteiger partial charge in [-0.3, -0.25) is 24.5 Å². The van der Waals surface area contributed by atoms with Crippen molar-refractivity contribution in [2.24, 2.45) is 0 Å². The molecule has 2 aromatic heterocycles. The van der Waals surface area contributed by atoms with Gasteiger partial charge >= 0.3 is 0 Å². The largest absolute Gasteiger partial charge is 0.492 e. The average Bonchev–Trinajstić information content (AvgIpc) is 3.61. The van der Waals surface area contributed by atoms with Crippen molar-refractivity contribution in [1.29, 1.82) is 0 Å². The summed E-state index contributed by atoms with van der Waals surface area (Å²) in [4.78, 5) is 64.9. The lowest BCUT2D eigenvalue weighted by Crippen LogP contribution is -2.57. The van der Waals surface area contributed by atoms with Crippen molar-refractivity contribution >= 4 is 56.7 Å². The van der Waals surface area contributed by atoms with Crippen molar-refractivity contribution < 1.29 is 28.7 Å². The van der Waals surface area contributed by atoms with Crippen molar-refractivity contribution in [3.8, 4) is 11.5 Å². The van der Waals surface area contributed by atoms with E-state index < -0.39 is 38.2 Å². The monoisotopic (exact) mass is 712 g/mol. The van der Waals surface area contributed by atoms with E-state index in [2.05, 4.69) is 20.6 Å². The molecule has 2 saturated heterocycles. The van der Waals surface area contributed by atoms with Gasteiger partial charge in [0, 0.05) is 50.6 Å². The Morgan fingerprint density at radius 3 is 1.78 bits per heavy atom. The van der Waals surface area contributed by atoms with Gasteiger partial charge in [0.2, 0.25) is 11.0 Å². The predicted octanol–water partition coefficient (Wildman–Crippen LogP) is 4.91. The number of imide groups is 1. The summed E-state index contributed by atoms with van der Waals surface area (Å²) >= 11 is 1.40. The molecule has 3 amide bonds. The maximum absolute atomic E-state index is 13.8. The normalized spacial score (nSPS) is 19.1. The van der Waals surface area contributed by atoms with E-state index in [1.807, 2.05) is 84.6 Å². The van der Waals surface area contributed by atoms with Gasteiger partial charge in [-0.1, -0.05) is 48.2 Å². The molecule has 12 nitrogen and oxygen atoms in total. The van der Waals surface area contributed by atoms with Gasteiger partial charge in [-0.05, 0) is 59.7 Å². The molecule has 3 atom stereocenters. The number of likely N-dealkylation sites (N-methyl/N-ethyl adjacent to an activating group) is 2. The fourth-order valence-corrected chi connectivity index (χ4v) is 7.87. The summed E-state index contributed by atoms with van der Waals surface area (Å²) in [7, 11) is 3.87. The number of nitrogens with zero attached hydrogens (tertiary/aromatic N) is 4. The third kappa shape index (κ3) is 8.03. The highest BCUT2D eigenvalue weighted by atomic mass is 32.2. The zero-order valence-corrected chi connectivity index (χ0v) is 29.1. The van der Waals surface area contributed by atoms with Crippen molar-refractivity contribution in [1.82, 2.24) is 20.6 Å². The predicted molar refractivity (Wildman–Crippen MR) is 194 cm³/mol. The third-order valence-corrected chi connectivity index (χ3v) is 10.4. The van der Waals surface area contributed by atoms with Crippen LogP contribution in [0.15, 0.2) is 97.3 Å². The van der Waals surface area contributed by atoms with E-state index in [1.54, 1.807) is 36.7 Å². The van der Waals surface area contributed by atoms with Gasteiger partial charge < -0.3 is 24.6 Å². The molecule has 0 saturated carbocycles. The first kappa shape index (κ1) is 34.8. The van der Waals surface area contributed by atoms with Crippen LogP contribution >= 0.6 is 23.5 Å². The summed E-state index contributed by atoms with van der Waals surface area (Å²) < 4.78 is 12.0. The van der Waals surface area contributed by atoms with Crippen LogP contribution in [-0.4, -0.2) is 82.7 Å². The number of nitrogens with one attached hydrogen (secondary N) is 2. The van der Waals surface area contributed by atoms with Gasteiger partial charge in [-0.25, -0.2) is 9.97 Å². The number of amides is 3. The number of ether oxygens (including phenoxy) is 2. The molecular formula is C36H36N6O6S2. The molecule has 6 rings (SSSR count). The quantitative estimate of drug-likeness (QED) is 0.173. The fraction of sp³-hybridized carbons (Fsp3) is 0.278. The Labute approximate surface area is 298 Å². The molecule has 2 aromatic carbocycles. The number of rotatable bonds is 15. The smallest absolute Gasteiger partial charge is 0.287 e. The highest BCUT2D eigenvalue weighted by Crippen LogP contribution is 2.47. The van der Waals surface area contributed by atoms with Crippen LogP contribution in [0.5, 0.6) is 11.5 Å². The second-order valence-electron chi connectivity index (χ2n) is 11.9. The SMILES string of the molecule is CN(CCOc1ccc(CC2(C(c3ccc(OCCN(C)c4ccccn4)cc3)C3SC(=O)NC3=O)NC(=O)SC2=O)cc1)c1ccccn1. The number of hydrogen-bond donors (Lipinski definition) is 2. The number of carbonyl (C=O) groups excluding carboxylic acids is 4. The molecule has 0 aliphatic carbocycles. The number of thioether (sulfide) groups is 2. The molecule has 50 heavy (non-hydrogen) atoms. The molecule has 0 bridgehead atoms. The average molecular weight is 713 g/mol. The van der Waals surface area contributed by atoms with Crippen LogP contribution in [0.4, 0.5) is 21.2 Å². The standard InChI is InChI=1S/C36H36N6O6S2/c1-41(28-7-3-5-17-37-28)19-21-47-26-13-9-24(10-14-26)23-36(33(44)50-35(46)40-36)30(31-32(43)39-34(45)49-31)25-11-15-27(16-12-25)48-22-20-42(2)29-8-4-6-18-38-29/h3-18,30-31H,19-23H2,1-2H3,(H,40,46)(H,39,43,45). The molecule has 0 spiro atoms. The van der Waals surface area contributed by atoms with Gasteiger partial charge in [-0.15, -0.1) is 0 Å². The molecule has 3 unspecified atom stereocenters. The van der Waals surface area contributed by atoms with E-state index in [0.717, 1.165) is 29.0 Å².